The molecule has 0 fully saturated rings. The highest BCUT2D eigenvalue weighted by atomic mass is 16.5. The van der Waals surface area contributed by atoms with Gasteiger partial charge in [-0.25, -0.2) is 4.79 Å². The standard InChI is InChI=1S/C8H15NO3/c1-7(11-2)5-4-6-9-8(10)12-3/h4-5,7H,6H2,1-3H3,(H,9,10). The fourth-order valence-electron chi connectivity index (χ4n) is 0.553. The third kappa shape index (κ3) is 5.73. The summed E-state index contributed by atoms with van der Waals surface area (Å²) in [4.78, 5) is 10.5. The van der Waals surface area contributed by atoms with Crippen LogP contribution >= 0.6 is 0 Å². The number of alkyl carbamates (subject to hydrolysis) is 1. The summed E-state index contributed by atoms with van der Waals surface area (Å²) in [5.74, 6) is 0. The molecular weight excluding hydrogens is 158 g/mol. The highest BCUT2D eigenvalue weighted by Gasteiger charge is 1.93. The molecule has 0 saturated carbocycles. The van der Waals surface area contributed by atoms with Gasteiger partial charge in [0.25, 0.3) is 0 Å². The van der Waals surface area contributed by atoms with Gasteiger partial charge in [-0.1, -0.05) is 12.2 Å². The van der Waals surface area contributed by atoms with E-state index in [2.05, 4.69) is 10.1 Å². The number of hydrogen-bond acceptors (Lipinski definition) is 3. The van der Waals surface area contributed by atoms with Crippen molar-refractivity contribution in [3.63, 3.8) is 0 Å². The summed E-state index contributed by atoms with van der Waals surface area (Å²) >= 11 is 0. The molecule has 0 bridgehead atoms. The minimum atomic E-state index is -0.426. The third-order valence-electron chi connectivity index (χ3n) is 1.33. The summed E-state index contributed by atoms with van der Waals surface area (Å²) < 4.78 is 9.32. The van der Waals surface area contributed by atoms with Gasteiger partial charge in [0, 0.05) is 13.7 Å². The van der Waals surface area contributed by atoms with Crippen molar-refractivity contribution >= 4 is 6.09 Å². The molecule has 1 atom stereocenters. The number of rotatable bonds is 4. The van der Waals surface area contributed by atoms with Crippen LogP contribution in [0, 0.1) is 0 Å². The maximum Gasteiger partial charge on any atom is 0.407 e. The second kappa shape index (κ2) is 6.67. The Bertz CT molecular complexity index is 156. The molecule has 0 saturated heterocycles. The van der Waals surface area contributed by atoms with Crippen LogP contribution in [0.5, 0.6) is 0 Å². The van der Waals surface area contributed by atoms with Crippen LogP contribution in [0.4, 0.5) is 4.79 Å². The molecular formula is C8H15NO3. The minimum absolute atomic E-state index is 0.0736. The summed E-state index contributed by atoms with van der Waals surface area (Å²) in [7, 11) is 2.96. The van der Waals surface area contributed by atoms with Crippen molar-refractivity contribution in [1.82, 2.24) is 5.32 Å². The van der Waals surface area contributed by atoms with Crippen LogP contribution in [0.25, 0.3) is 0 Å². The van der Waals surface area contributed by atoms with Crippen molar-refractivity contribution in [1.29, 1.82) is 0 Å². The van der Waals surface area contributed by atoms with Crippen LogP contribution in [0.3, 0.4) is 0 Å². The average molecular weight is 173 g/mol. The molecule has 0 rings (SSSR count). The van der Waals surface area contributed by atoms with Gasteiger partial charge in [0.05, 0.1) is 13.2 Å². The van der Waals surface area contributed by atoms with Crippen LogP contribution < -0.4 is 5.32 Å². The van der Waals surface area contributed by atoms with E-state index in [9.17, 15) is 4.79 Å². The van der Waals surface area contributed by atoms with Crippen molar-refractivity contribution < 1.29 is 14.3 Å². The fourth-order valence-corrected chi connectivity index (χ4v) is 0.553. The zero-order chi connectivity index (χ0) is 9.40. The van der Waals surface area contributed by atoms with Crippen LogP contribution in [-0.4, -0.2) is 33.0 Å². The lowest BCUT2D eigenvalue weighted by molar-refractivity contribution is 0.156. The number of amides is 1. The van der Waals surface area contributed by atoms with Crippen LogP contribution in [0.1, 0.15) is 6.92 Å². The SMILES string of the molecule is COC(=O)NCC=CC(C)OC. The lowest BCUT2D eigenvalue weighted by Crippen LogP contribution is -2.22. The Morgan fingerprint density at radius 1 is 1.58 bits per heavy atom. The summed E-state index contributed by atoms with van der Waals surface area (Å²) in [6, 6.07) is 0. The molecule has 1 amide bonds. The highest BCUT2D eigenvalue weighted by Crippen LogP contribution is 1.88. The second-order valence-corrected chi connectivity index (χ2v) is 2.24. The number of carbonyl (C=O) groups is 1. The molecule has 70 valence electrons. The monoisotopic (exact) mass is 173 g/mol. The van der Waals surface area contributed by atoms with Gasteiger partial charge in [0.2, 0.25) is 0 Å². The highest BCUT2D eigenvalue weighted by molar-refractivity contribution is 5.66. The van der Waals surface area contributed by atoms with E-state index in [1.54, 1.807) is 7.11 Å². The number of methoxy groups -OCH3 is 2. The first-order chi connectivity index (χ1) is 5.70. The van der Waals surface area contributed by atoms with Crippen LogP contribution in [-0.2, 0) is 9.47 Å². The van der Waals surface area contributed by atoms with Gasteiger partial charge in [-0.2, -0.15) is 0 Å². The van der Waals surface area contributed by atoms with E-state index in [0.29, 0.717) is 6.54 Å². The van der Waals surface area contributed by atoms with E-state index < -0.39 is 6.09 Å². The Labute approximate surface area is 72.5 Å². The molecule has 0 aromatic heterocycles. The van der Waals surface area contributed by atoms with Crippen molar-refractivity contribution in [2.45, 2.75) is 13.0 Å². The van der Waals surface area contributed by atoms with E-state index in [4.69, 9.17) is 4.74 Å². The molecule has 0 aliphatic carbocycles. The zero-order valence-electron chi connectivity index (χ0n) is 7.66. The summed E-state index contributed by atoms with van der Waals surface area (Å²) in [6.07, 6.45) is 3.32. The van der Waals surface area contributed by atoms with Crippen molar-refractivity contribution in [2.24, 2.45) is 0 Å². The van der Waals surface area contributed by atoms with Gasteiger partial charge in [0.15, 0.2) is 0 Å². The summed E-state index contributed by atoms with van der Waals surface area (Å²) in [5.41, 5.74) is 0. The van der Waals surface area contributed by atoms with Gasteiger partial charge in [-0.05, 0) is 6.92 Å². The van der Waals surface area contributed by atoms with Crippen LogP contribution in [0.2, 0.25) is 0 Å². The average Bonchev–Trinajstić information content (AvgIpc) is 2.11. The van der Waals surface area contributed by atoms with Gasteiger partial charge >= 0.3 is 6.09 Å². The topological polar surface area (TPSA) is 47.6 Å². The molecule has 4 heteroatoms. The largest absolute Gasteiger partial charge is 0.453 e. The van der Waals surface area contributed by atoms with E-state index >= 15 is 0 Å². The van der Waals surface area contributed by atoms with E-state index in [1.807, 2.05) is 19.1 Å². The second-order valence-electron chi connectivity index (χ2n) is 2.24. The summed E-state index contributed by atoms with van der Waals surface area (Å²) in [5, 5.41) is 2.51. The van der Waals surface area contributed by atoms with E-state index in [0.717, 1.165) is 0 Å². The lowest BCUT2D eigenvalue weighted by Gasteiger charge is -2.02. The van der Waals surface area contributed by atoms with Crippen molar-refractivity contribution in [2.75, 3.05) is 20.8 Å². The maximum absolute atomic E-state index is 10.5. The first-order valence-electron chi connectivity index (χ1n) is 3.72. The Morgan fingerprint density at radius 3 is 2.75 bits per heavy atom. The number of nitrogens with one attached hydrogen (secondary N) is 1. The molecule has 4 nitrogen and oxygen atoms in total. The molecule has 0 aromatic rings. The maximum atomic E-state index is 10.5. The van der Waals surface area contributed by atoms with Gasteiger partial charge in [-0.3, -0.25) is 0 Å². The molecule has 0 heterocycles. The van der Waals surface area contributed by atoms with Gasteiger partial charge < -0.3 is 14.8 Å². The molecule has 0 aliphatic rings. The normalized spacial score (nSPS) is 12.9. The fraction of sp³-hybridized carbons (Fsp3) is 0.625. The van der Waals surface area contributed by atoms with Gasteiger partial charge in [0.1, 0.15) is 0 Å². The Kier molecular flexibility index (Phi) is 6.09. The molecule has 0 aromatic carbocycles. The number of carbonyl (C=O) groups excluding carboxylic acids is 1. The number of hydrogen-bond donors (Lipinski definition) is 1. The van der Waals surface area contributed by atoms with Gasteiger partial charge in [-0.15, -0.1) is 0 Å². The quantitative estimate of drug-likeness (QED) is 0.643. The molecule has 1 N–H and O–H groups in total. The zero-order valence-corrected chi connectivity index (χ0v) is 7.66. The Hall–Kier alpha value is -1.03. The van der Waals surface area contributed by atoms with Crippen molar-refractivity contribution in [3.8, 4) is 0 Å². The first-order valence-corrected chi connectivity index (χ1v) is 3.72. The first kappa shape index (κ1) is 11.0. The Morgan fingerprint density at radius 2 is 2.25 bits per heavy atom. The molecule has 12 heavy (non-hydrogen) atoms. The minimum Gasteiger partial charge on any atom is -0.453 e. The van der Waals surface area contributed by atoms with Crippen LogP contribution in [0.15, 0.2) is 12.2 Å². The molecule has 0 spiro atoms. The molecule has 0 radical (unpaired) electrons. The van der Waals surface area contributed by atoms with E-state index in [1.165, 1.54) is 7.11 Å². The Balaban J connectivity index is 3.42. The molecule has 0 aliphatic heterocycles. The number of ether oxygens (including phenoxy) is 2. The molecule has 1 unspecified atom stereocenters. The van der Waals surface area contributed by atoms with Crippen molar-refractivity contribution in [3.05, 3.63) is 12.2 Å². The predicted octanol–water partition coefficient (Wildman–Crippen LogP) is 0.933. The summed E-state index contributed by atoms with van der Waals surface area (Å²) in [6.45, 7) is 2.37. The third-order valence-corrected chi connectivity index (χ3v) is 1.33. The predicted molar refractivity (Wildman–Crippen MR) is 46.0 cm³/mol. The smallest absolute Gasteiger partial charge is 0.407 e. The van der Waals surface area contributed by atoms with E-state index in [-0.39, 0.29) is 6.10 Å². The lowest BCUT2D eigenvalue weighted by atomic mass is 10.3.